The molecule has 0 radical (unpaired) electrons. The molecule has 5 heteroatoms. The molecule has 0 aliphatic carbocycles. The molecule has 0 amide bonds. The van der Waals surface area contributed by atoms with E-state index >= 15 is 0 Å². The SMILES string of the molecule is CC(C)(C)OC(=O)CCN1CCC(N2CCOCC2)C1. The maximum absolute atomic E-state index is 11.7. The van der Waals surface area contributed by atoms with Crippen LogP contribution >= 0.6 is 0 Å². The molecule has 0 aromatic rings. The Bertz CT molecular complexity index is 322. The average Bonchev–Trinajstić information content (AvgIpc) is 2.84. The van der Waals surface area contributed by atoms with Gasteiger partial charge in [-0.25, -0.2) is 0 Å². The lowest BCUT2D eigenvalue weighted by molar-refractivity contribution is -0.155. The molecule has 0 spiro atoms. The molecule has 0 aromatic heterocycles. The molecule has 2 rings (SSSR count). The molecule has 1 unspecified atom stereocenters. The van der Waals surface area contributed by atoms with Gasteiger partial charge in [-0.1, -0.05) is 0 Å². The van der Waals surface area contributed by atoms with Gasteiger partial charge in [0.25, 0.3) is 0 Å². The molecule has 2 aliphatic rings. The topological polar surface area (TPSA) is 42.0 Å². The molecule has 116 valence electrons. The van der Waals surface area contributed by atoms with E-state index in [1.54, 1.807) is 0 Å². The third kappa shape index (κ3) is 5.04. The van der Waals surface area contributed by atoms with Gasteiger partial charge in [0, 0.05) is 32.2 Å². The van der Waals surface area contributed by atoms with Crippen LogP contribution in [0.1, 0.15) is 33.6 Å². The summed E-state index contributed by atoms with van der Waals surface area (Å²) in [6.07, 6.45) is 1.70. The molecule has 1 atom stereocenters. The summed E-state index contributed by atoms with van der Waals surface area (Å²) in [5.41, 5.74) is -0.377. The Morgan fingerprint density at radius 3 is 2.60 bits per heavy atom. The van der Waals surface area contributed by atoms with Crippen LogP contribution in [-0.4, -0.2) is 73.3 Å². The first kappa shape index (κ1) is 15.7. The van der Waals surface area contributed by atoms with E-state index in [1.807, 2.05) is 20.8 Å². The highest BCUT2D eigenvalue weighted by molar-refractivity contribution is 5.70. The molecular weight excluding hydrogens is 256 g/mol. The number of nitrogens with zero attached hydrogens (tertiary/aromatic N) is 2. The molecule has 2 fully saturated rings. The van der Waals surface area contributed by atoms with Crippen LogP contribution in [0.3, 0.4) is 0 Å². The first-order chi connectivity index (χ1) is 9.44. The number of ether oxygens (including phenoxy) is 2. The second-order valence-electron chi connectivity index (χ2n) is 6.73. The molecular formula is C15H28N2O3. The van der Waals surface area contributed by atoms with Crippen molar-refractivity contribution in [3.63, 3.8) is 0 Å². The highest BCUT2D eigenvalue weighted by atomic mass is 16.6. The number of morpholine rings is 1. The van der Waals surface area contributed by atoms with Crippen LogP contribution in [0.2, 0.25) is 0 Å². The van der Waals surface area contributed by atoms with Gasteiger partial charge in [0.2, 0.25) is 0 Å². The summed E-state index contributed by atoms with van der Waals surface area (Å²) >= 11 is 0. The largest absolute Gasteiger partial charge is 0.460 e. The van der Waals surface area contributed by atoms with Gasteiger partial charge >= 0.3 is 5.97 Å². The highest BCUT2D eigenvalue weighted by Crippen LogP contribution is 2.17. The number of rotatable bonds is 4. The van der Waals surface area contributed by atoms with E-state index in [-0.39, 0.29) is 11.6 Å². The fourth-order valence-electron chi connectivity index (χ4n) is 2.90. The Kier molecular flexibility index (Phi) is 5.41. The average molecular weight is 284 g/mol. The summed E-state index contributed by atoms with van der Waals surface area (Å²) in [5, 5.41) is 0. The fraction of sp³-hybridized carbons (Fsp3) is 0.933. The van der Waals surface area contributed by atoms with Crippen molar-refractivity contribution in [2.45, 2.75) is 45.3 Å². The van der Waals surface area contributed by atoms with E-state index in [9.17, 15) is 4.79 Å². The van der Waals surface area contributed by atoms with E-state index in [0.717, 1.165) is 45.9 Å². The molecule has 2 saturated heterocycles. The Labute approximate surface area is 122 Å². The van der Waals surface area contributed by atoms with Crippen LogP contribution < -0.4 is 0 Å². The van der Waals surface area contributed by atoms with Gasteiger partial charge < -0.3 is 14.4 Å². The predicted octanol–water partition coefficient (Wildman–Crippen LogP) is 1.12. The maximum Gasteiger partial charge on any atom is 0.307 e. The van der Waals surface area contributed by atoms with Gasteiger partial charge in [-0.3, -0.25) is 9.69 Å². The van der Waals surface area contributed by atoms with E-state index in [4.69, 9.17) is 9.47 Å². The summed E-state index contributed by atoms with van der Waals surface area (Å²) in [4.78, 5) is 16.6. The maximum atomic E-state index is 11.7. The minimum Gasteiger partial charge on any atom is -0.460 e. The number of carbonyl (C=O) groups is 1. The first-order valence-corrected chi connectivity index (χ1v) is 7.70. The third-order valence-corrected chi connectivity index (χ3v) is 3.86. The molecule has 2 heterocycles. The van der Waals surface area contributed by atoms with Crippen LogP contribution in [-0.2, 0) is 14.3 Å². The van der Waals surface area contributed by atoms with Gasteiger partial charge in [-0.2, -0.15) is 0 Å². The van der Waals surface area contributed by atoms with Crippen LogP contribution in [0.5, 0.6) is 0 Å². The van der Waals surface area contributed by atoms with Crippen molar-refractivity contribution in [2.75, 3.05) is 45.9 Å². The lowest BCUT2D eigenvalue weighted by Crippen LogP contribution is -2.44. The molecule has 2 aliphatic heterocycles. The minimum absolute atomic E-state index is 0.0904. The zero-order valence-corrected chi connectivity index (χ0v) is 13.1. The van der Waals surface area contributed by atoms with Crippen molar-refractivity contribution < 1.29 is 14.3 Å². The number of hydrogen-bond donors (Lipinski definition) is 0. The monoisotopic (exact) mass is 284 g/mol. The quantitative estimate of drug-likeness (QED) is 0.724. The summed E-state index contributed by atoms with van der Waals surface area (Å²) in [5.74, 6) is -0.0904. The van der Waals surface area contributed by atoms with Crippen molar-refractivity contribution in [1.82, 2.24) is 9.80 Å². The normalized spacial score (nSPS) is 25.9. The molecule has 20 heavy (non-hydrogen) atoms. The van der Waals surface area contributed by atoms with Gasteiger partial charge in [0.15, 0.2) is 0 Å². The van der Waals surface area contributed by atoms with Crippen molar-refractivity contribution in [2.24, 2.45) is 0 Å². The van der Waals surface area contributed by atoms with Crippen molar-refractivity contribution in [3.8, 4) is 0 Å². The van der Waals surface area contributed by atoms with E-state index < -0.39 is 0 Å². The van der Waals surface area contributed by atoms with Gasteiger partial charge in [0.1, 0.15) is 5.60 Å². The van der Waals surface area contributed by atoms with Crippen molar-refractivity contribution in [3.05, 3.63) is 0 Å². The van der Waals surface area contributed by atoms with E-state index in [2.05, 4.69) is 9.80 Å². The molecule has 0 saturated carbocycles. The van der Waals surface area contributed by atoms with Gasteiger partial charge in [-0.05, 0) is 33.7 Å². The zero-order chi connectivity index (χ0) is 14.6. The molecule has 0 aromatic carbocycles. The number of esters is 1. The van der Waals surface area contributed by atoms with Crippen LogP contribution in [0.25, 0.3) is 0 Å². The Balaban J connectivity index is 1.67. The summed E-state index contributed by atoms with van der Waals surface area (Å²) in [6, 6.07) is 0.637. The smallest absolute Gasteiger partial charge is 0.307 e. The second-order valence-corrected chi connectivity index (χ2v) is 6.73. The van der Waals surface area contributed by atoms with Crippen LogP contribution in [0.15, 0.2) is 0 Å². The lowest BCUT2D eigenvalue weighted by atomic mass is 10.2. The van der Waals surface area contributed by atoms with E-state index in [0.29, 0.717) is 12.5 Å². The highest BCUT2D eigenvalue weighted by Gasteiger charge is 2.29. The number of likely N-dealkylation sites (tertiary alicyclic amines) is 1. The van der Waals surface area contributed by atoms with Gasteiger partial charge in [-0.15, -0.1) is 0 Å². The first-order valence-electron chi connectivity index (χ1n) is 7.70. The molecule has 0 N–H and O–H groups in total. The Hall–Kier alpha value is -0.650. The van der Waals surface area contributed by atoms with Crippen LogP contribution in [0, 0.1) is 0 Å². The minimum atomic E-state index is -0.377. The van der Waals surface area contributed by atoms with Crippen LogP contribution in [0.4, 0.5) is 0 Å². The molecule has 0 bridgehead atoms. The lowest BCUT2D eigenvalue weighted by Gasteiger charge is -2.32. The summed E-state index contributed by atoms with van der Waals surface area (Å²) < 4.78 is 10.7. The van der Waals surface area contributed by atoms with E-state index in [1.165, 1.54) is 6.42 Å². The van der Waals surface area contributed by atoms with Gasteiger partial charge in [0.05, 0.1) is 19.6 Å². The fourth-order valence-corrected chi connectivity index (χ4v) is 2.90. The standard InChI is InChI=1S/C15H28N2O3/c1-15(2,3)20-14(18)5-7-16-6-4-13(12-16)17-8-10-19-11-9-17/h13H,4-12H2,1-3H3. The second kappa shape index (κ2) is 6.87. The Morgan fingerprint density at radius 1 is 1.25 bits per heavy atom. The number of hydrogen-bond acceptors (Lipinski definition) is 5. The van der Waals surface area contributed by atoms with Crippen molar-refractivity contribution in [1.29, 1.82) is 0 Å². The zero-order valence-electron chi connectivity index (χ0n) is 13.1. The Morgan fingerprint density at radius 2 is 1.95 bits per heavy atom. The summed E-state index contributed by atoms with van der Waals surface area (Å²) in [7, 11) is 0. The third-order valence-electron chi connectivity index (χ3n) is 3.86. The van der Waals surface area contributed by atoms with Crippen molar-refractivity contribution >= 4 is 5.97 Å². The predicted molar refractivity (Wildman–Crippen MR) is 77.7 cm³/mol. The number of carbonyl (C=O) groups excluding carboxylic acids is 1. The summed E-state index contributed by atoms with van der Waals surface area (Å²) in [6.45, 7) is 12.5. The molecule has 5 nitrogen and oxygen atoms in total.